The number of halogens is 2. The van der Waals surface area contributed by atoms with Gasteiger partial charge in [0.25, 0.3) is 5.92 Å². The summed E-state index contributed by atoms with van der Waals surface area (Å²) in [7, 11) is 0. The number of piperazine rings is 1. The van der Waals surface area contributed by atoms with E-state index in [2.05, 4.69) is 25.6 Å². The Morgan fingerprint density at radius 2 is 1.78 bits per heavy atom. The first-order valence-electron chi connectivity index (χ1n) is 11.8. The minimum Gasteiger partial charge on any atom is -0.464 e. The highest BCUT2D eigenvalue weighted by Gasteiger charge is 2.25. The number of hydrogen-bond acceptors (Lipinski definition) is 7. The second kappa shape index (κ2) is 11.1. The van der Waals surface area contributed by atoms with Crippen LogP contribution in [-0.4, -0.2) is 58.7 Å². The monoisotopic (exact) mass is 497 g/mol. The highest BCUT2D eigenvalue weighted by molar-refractivity contribution is 5.74. The number of ether oxygens (including phenoxy) is 1. The third-order valence-electron chi connectivity index (χ3n) is 5.64. The summed E-state index contributed by atoms with van der Waals surface area (Å²) in [5, 5.41) is 5.92. The van der Waals surface area contributed by atoms with Crippen molar-refractivity contribution < 1.29 is 18.3 Å². The molecule has 1 saturated heterocycles. The average molecular weight is 498 g/mol. The van der Waals surface area contributed by atoms with Gasteiger partial charge in [0.05, 0.1) is 6.61 Å². The molecule has 9 nitrogen and oxygen atoms in total. The molecule has 1 aliphatic rings. The molecule has 0 spiro atoms. The van der Waals surface area contributed by atoms with Gasteiger partial charge in [-0.1, -0.05) is 42.5 Å². The standard InChI is InChI=1S/C25H29F2N7O2/c1-3-36-23-31-21(29-20-11-7-10-19(16-20)25(2,26)27)30-22(32-23)33-12-14-34(15-13-33)24(35)28-17-18-8-5-4-6-9-18/h4-11,16H,3,12-15,17H2,1-2H3,(H,28,35)(H,29,30,31,32). The van der Waals surface area contributed by atoms with E-state index in [1.54, 1.807) is 17.0 Å². The molecule has 1 fully saturated rings. The molecule has 0 unspecified atom stereocenters. The van der Waals surface area contributed by atoms with Gasteiger partial charge in [-0.05, 0) is 24.6 Å². The number of amides is 2. The van der Waals surface area contributed by atoms with E-state index in [4.69, 9.17) is 4.74 Å². The van der Waals surface area contributed by atoms with E-state index in [0.29, 0.717) is 51.0 Å². The van der Waals surface area contributed by atoms with Crippen LogP contribution in [0, 0.1) is 0 Å². The lowest BCUT2D eigenvalue weighted by atomic mass is 10.1. The number of anilines is 3. The van der Waals surface area contributed by atoms with Crippen LogP contribution in [0.3, 0.4) is 0 Å². The molecule has 190 valence electrons. The van der Waals surface area contributed by atoms with Gasteiger partial charge in [-0.3, -0.25) is 0 Å². The molecular formula is C25H29F2N7O2. The Kier molecular flexibility index (Phi) is 7.77. The molecule has 0 bridgehead atoms. The van der Waals surface area contributed by atoms with Gasteiger partial charge in [-0.15, -0.1) is 0 Å². The predicted molar refractivity (Wildman–Crippen MR) is 133 cm³/mol. The fourth-order valence-corrected chi connectivity index (χ4v) is 3.73. The first-order valence-corrected chi connectivity index (χ1v) is 11.8. The predicted octanol–water partition coefficient (Wildman–Crippen LogP) is 4.16. The number of rotatable bonds is 8. The molecule has 2 N–H and O–H groups in total. The van der Waals surface area contributed by atoms with Crippen molar-refractivity contribution in [2.24, 2.45) is 0 Å². The second-order valence-corrected chi connectivity index (χ2v) is 8.39. The van der Waals surface area contributed by atoms with Gasteiger partial charge in [-0.2, -0.15) is 15.0 Å². The Hall–Kier alpha value is -4.02. The number of urea groups is 1. The van der Waals surface area contributed by atoms with Crippen LogP contribution >= 0.6 is 0 Å². The summed E-state index contributed by atoms with van der Waals surface area (Å²) in [6.45, 7) is 5.51. The van der Waals surface area contributed by atoms with Gasteiger partial charge in [-0.25, -0.2) is 13.6 Å². The van der Waals surface area contributed by atoms with Crippen molar-refractivity contribution in [1.29, 1.82) is 0 Å². The van der Waals surface area contributed by atoms with Crippen molar-refractivity contribution >= 4 is 23.6 Å². The molecule has 4 rings (SSSR count). The van der Waals surface area contributed by atoms with Crippen LogP contribution < -0.4 is 20.3 Å². The van der Waals surface area contributed by atoms with E-state index in [0.717, 1.165) is 12.5 Å². The van der Waals surface area contributed by atoms with Crippen LogP contribution in [0.15, 0.2) is 54.6 Å². The Bertz CT molecular complexity index is 1170. The van der Waals surface area contributed by atoms with E-state index in [-0.39, 0.29) is 23.6 Å². The lowest BCUT2D eigenvalue weighted by Gasteiger charge is -2.34. The molecule has 0 radical (unpaired) electrons. The summed E-state index contributed by atoms with van der Waals surface area (Å²) in [5.74, 6) is -2.40. The molecule has 0 atom stereocenters. The molecule has 1 aromatic heterocycles. The quantitative estimate of drug-likeness (QED) is 0.483. The molecule has 0 saturated carbocycles. The van der Waals surface area contributed by atoms with Gasteiger partial charge in [0.2, 0.25) is 11.9 Å². The number of aromatic nitrogens is 3. The second-order valence-electron chi connectivity index (χ2n) is 8.39. The SMILES string of the molecule is CCOc1nc(Nc2cccc(C(C)(F)F)c2)nc(N2CCN(C(=O)NCc3ccccc3)CC2)n1. The number of carbonyl (C=O) groups is 1. The maximum atomic E-state index is 13.7. The van der Waals surface area contributed by atoms with E-state index in [9.17, 15) is 13.6 Å². The zero-order valence-corrected chi connectivity index (χ0v) is 20.2. The fourth-order valence-electron chi connectivity index (χ4n) is 3.73. The van der Waals surface area contributed by atoms with Crippen LogP contribution in [0.5, 0.6) is 6.01 Å². The molecule has 11 heteroatoms. The summed E-state index contributed by atoms with van der Waals surface area (Å²) in [5.41, 5.74) is 1.34. The van der Waals surface area contributed by atoms with E-state index < -0.39 is 5.92 Å². The number of carbonyl (C=O) groups excluding carboxylic acids is 1. The molecule has 3 aromatic rings. The Labute approximate surface area is 208 Å². The highest BCUT2D eigenvalue weighted by atomic mass is 19.3. The van der Waals surface area contributed by atoms with E-state index in [1.165, 1.54) is 12.1 Å². The minimum absolute atomic E-state index is 0.117. The molecule has 36 heavy (non-hydrogen) atoms. The van der Waals surface area contributed by atoms with Gasteiger partial charge < -0.3 is 25.2 Å². The smallest absolute Gasteiger partial charge is 0.323 e. The normalized spacial score (nSPS) is 13.9. The highest BCUT2D eigenvalue weighted by Crippen LogP contribution is 2.29. The zero-order valence-electron chi connectivity index (χ0n) is 20.2. The molecule has 2 amide bonds. The maximum absolute atomic E-state index is 13.7. The lowest BCUT2D eigenvalue weighted by molar-refractivity contribution is 0.0175. The van der Waals surface area contributed by atoms with Crippen LogP contribution in [0.4, 0.5) is 31.2 Å². The Morgan fingerprint density at radius 3 is 2.47 bits per heavy atom. The van der Waals surface area contributed by atoms with Crippen LogP contribution in [-0.2, 0) is 12.5 Å². The number of benzene rings is 2. The minimum atomic E-state index is -2.97. The Morgan fingerprint density at radius 1 is 1.03 bits per heavy atom. The van der Waals surface area contributed by atoms with Crippen molar-refractivity contribution in [2.45, 2.75) is 26.3 Å². The van der Waals surface area contributed by atoms with Gasteiger partial charge in [0.1, 0.15) is 0 Å². The molecule has 2 aromatic carbocycles. The van der Waals surface area contributed by atoms with Crippen molar-refractivity contribution in [2.75, 3.05) is 43.0 Å². The first-order chi connectivity index (χ1) is 17.3. The number of nitrogens with one attached hydrogen (secondary N) is 2. The largest absolute Gasteiger partial charge is 0.464 e. The summed E-state index contributed by atoms with van der Waals surface area (Å²) in [4.78, 5) is 29.4. The molecule has 0 aliphatic carbocycles. The third-order valence-corrected chi connectivity index (χ3v) is 5.64. The van der Waals surface area contributed by atoms with Crippen LogP contribution in [0.1, 0.15) is 25.0 Å². The third kappa shape index (κ3) is 6.55. The summed E-state index contributed by atoms with van der Waals surface area (Å²) < 4.78 is 33.0. The topological polar surface area (TPSA) is 95.5 Å². The first kappa shape index (κ1) is 25.1. The maximum Gasteiger partial charge on any atom is 0.323 e. The van der Waals surface area contributed by atoms with Crippen molar-refractivity contribution in [1.82, 2.24) is 25.2 Å². The van der Waals surface area contributed by atoms with Gasteiger partial charge in [0, 0.05) is 50.9 Å². The number of nitrogens with zero attached hydrogens (tertiary/aromatic N) is 5. The Balaban J connectivity index is 1.42. The van der Waals surface area contributed by atoms with Crippen LogP contribution in [0.25, 0.3) is 0 Å². The van der Waals surface area contributed by atoms with E-state index in [1.807, 2.05) is 42.2 Å². The van der Waals surface area contributed by atoms with Gasteiger partial charge >= 0.3 is 12.0 Å². The lowest BCUT2D eigenvalue weighted by Crippen LogP contribution is -2.52. The molecule has 1 aliphatic heterocycles. The molecular weight excluding hydrogens is 468 g/mol. The number of alkyl halides is 2. The molecule has 2 heterocycles. The van der Waals surface area contributed by atoms with E-state index >= 15 is 0 Å². The summed E-state index contributed by atoms with van der Waals surface area (Å²) >= 11 is 0. The fraction of sp³-hybridized carbons (Fsp3) is 0.360. The van der Waals surface area contributed by atoms with Crippen LogP contribution in [0.2, 0.25) is 0 Å². The summed E-state index contributed by atoms with van der Waals surface area (Å²) in [6, 6.07) is 15.7. The van der Waals surface area contributed by atoms with Crippen molar-refractivity contribution in [3.63, 3.8) is 0 Å². The zero-order chi connectivity index (χ0) is 25.5. The van der Waals surface area contributed by atoms with Crippen molar-refractivity contribution in [3.05, 3.63) is 65.7 Å². The summed E-state index contributed by atoms with van der Waals surface area (Å²) in [6.07, 6.45) is 0. The average Bonchev–Trinajstić information content (AvgIpc) is 2.88. The van der Waals surface area contributed by atoms with Crippen molar-refractivity contribution in [3.8, 4) is 6.01 Å². The number of hydrogen-bond donors (Lipinski definition) is 2. The van der Waals surface area contributed by atoms with Gasteiger partial charge in [0.15, 0.2) is 0 Å².